The number of carbonyl (C=O) groups is 1. The van der Waals surface area contributed by atoms with Gasteiger partial charge in [-0.05, 0) is 37.8 Å². The van der Waals surface area contributed by atoms with E-state index in [0.29, 0.717) is 23.1 Å². The van der Waals surface area contributed by atoms with E-state index in [-0.39, 0.29) is 6.03 Å². The first-order valence-corrected chi connectivity index (χ1v) is 6.60. The van der Waals surface area contributed by atoms with Crippen molar-refractivity contribution in [3.8, 4) is 11.5 Å². The number of methoxy groups -OCH3 is 2. The van der Waals surface area contributed by atoms with E-state index in [1.165, 1.54) is 18.4 Å². The molecule has 1 aliphatic carbocycles. The Morgan fingerprint density at radius 2 is 2.05 bits per heavy atom. The van der Waals surface area contributed by atoms with E-state index >= 15 is 0 Å². The molecule has 20 heavy (non-hydrogen) atoms. The summed E-state index contributed by atoms with van der Waals surface area (Å²) in [4.78, 5) is 11.8. The fraction of sp³-hybridized carbons (Fsp3) is 0.400. The Hall–Kier alpha value is -2.17. The molecule has 5 nitrogen and oxygen atoms in total. The van der Waals surface area contributed by atoms with E-state index in [0.717, 1.165) is 0 Å². The Bertz CT molecular complexity index is 522. The summed E-state index contributed by atoms with van der Waals surface area (Å²) in [6.07, 6.45) is 4.21. The molecule has 0 unspecified atom stereocenters. The fourth-order valence-electron chi connectivity index (χ4n) is 1.90. The number of urea groups is 1. The van der Waals surface area contributed by atoms with Gasteiger partial charge in [0.2, 0.25) is 0 Å². The predicted octanol–water partition coefficient (Wildman–Crippen LogP) is 3.14. The van der Waals surface area contributed by atoms with Crippen LogP contribution in [0, 0.1) is 5.92 Å². The lowest BCUT2D eigenvalue weighted by molar-refractivity contribution is 0.255. The largest absolute Gasteiger partial charge is 0.497 e. The molecule has 0 saturated heterocycles. The van der Waals surface area contributed by atoms with Crippen LogP contribution in [0.1, 0.15) is 19.8 Å². The summed E-state index contributed by atoms with van der Waals surface area (Å²) in [6, 6.07) is 4.95. The number of rotatable bonds is 5. The zero-order chi connectivity index (χ0) is 14.5. The molecule has 0 radical (unpaired) electrons. The number of amides is 2. The van der Waals surface area contributed by atoms with Crippen molar-refractivity contribution in [1.82, 2.24) is 5.32 Å². The first-order chi connectivity index (χ1) is 9.63. The SMILES string of the molecule is COc1ccc(NC(=O)N/C=C(\C)C2CC2)c(OC)c1. The van der Waals surface area contributed by atoms with E-state index in [1.54, 1.807) is 38.6 Å². The van der Waals surface area contributed by atoms with Crippen LogP contribution in [0.5, 0.6) is 11.5 Å². The summed E-state index contributed by atoms with van der Waals surface area (Å²) < 4.78 is 10.3. The third-order valence-electron chi connectivity index (χ3n) is 3.31. The first-order valence-electron chi connectivity index (χ1n) is 6.60. The highest BCUT2D eigenvalue weighted by atomic mass is 16.5. The van der Waals surface area contributed by atoms with Crippen molar-refractivity contribution in [2.24, 2.45) is 5.92 Å². The van der Waals surface area contributed by atoms with Gasteiger partial charge in [-0.15, -0.1) is 0 Å². The van der Waals surface area contributed by atoms with Gasteiger partial charge in [0.25, 0.3) is 0 Å². The molecule has 0 aromatic heterocycles. The highest BCUT2D eigenvalue weighted by Gasteiger charge is 2.22. The highest BCUT2D eigenvalue weighted by molar-refractivity contribution is 5.91. The molecule has 0 atom stereocenters. The van der Waals surface area contributed by atoms with Crippen molar-refractivity contribution in [3.05, 3.63) is 30.0 Å². The molecule has 0 bridgehead atoms. The topological polar surface area (TPSA) is 59.6 Å². The maximum absolute atomic E-state index is 11.8. The molecule has 1 aromatic carbocycles. The van der Waals surface area contributed by atoms with Crippen molar-refractivity contribution < 1.29 is 14.3 Å². The third-order valence-corrected chi connectivity index (χ3v) is 3.31. The maximum Gasteiger partial charge on any atom is 0.323 e. The Balaban J connectivity index is 1.98. The van der Waals surface area contributed by atoms with Gasteiger partial charge in [-0.3, -0.25) is 0 Å². The number of allylic oxidation sites excluding steroid dienone is 1. The van der Waals surface area contributed by atoms with E-state index in [4.69, 9.17) is 9.47 Å². The lowest BCUT2D eigenvalue weighted by Gasteiger charge is -2.11. The summed E-state index contributed by atoms with van der Waals surface area (Å²) in [5, 5.41) is 5.49. The van der Waals surface area contributed by atoms with Crippen LogP contribution in [0.4, 0.5) is 10.5 Å². The smallest absolute Gasteiger partial charge is 0.323 e. The highest BCUT2D eigenvalue weighted by Crippen LogP contribution is 2.35. The van der Waals surface area contributed by atoms with Crippen molar-refractivity contribution in [2.75, 3.05) is 19.5 Å². The molecular formula is C15H20N2O3. The van der Waals surface area contributed by atoms with Crippen LogP contribution < -0.4 is 20.1 Å². The minimum absolute atomic E-state index is 0.284. The molecule has 0 aliphatic heterocycles. The van der Waals surface area contributed by atoms with E-state index in [9.17, 15) is 4.79 Å². The molecular weight excluding hydrogens is 256 g/mol. The van der Waals surface area contributed by atoms with Crippen molar-refractivity contribution >= 4 is 11.7 Å². The van der Waals surface area contributed by atoms with Crippen molar-refractivity contribution in [1.29, 1.82) is 0 Å². The first kappa shape index (κ1) is 14.2. The molecule has 0 heterocycles. The minimum Gasteiger partial charge on any atom is -0.497 e. The summed E-state index contributed by atoms with van der Waals surface area (Å²) in [5.41, 5.74) is 1.81. The monoisotopic (exact) mass is 276 g/mol. The Morgan fingerprint density at radius 3 is 2.65 bits per heavy atom. The summed E-state index contributed by atoms with van der Waals surface area (Å²) in [7, 11) is 3.13. The van der Waals surface area contributed by atoms with Gasteiger partial charge in [-0.25, -0.2) is 4.79 Å². The van der Waals surface area contributed by atoms with Gasteiger partial charge in [0, 0.05) is 12.3 Å². The van der Waals surface area contributed by atoms with Gasteiger partial charge in [0.1, 0.15) is 11.5 Å². The van der Waals surface area contributed by atoms with Gasteiger partial charge in [0.05, 0.1) is 19.9 Å². The lowest BCUT2D eigenvalue weighted by atomic mass is 10.2. The van der Waals surface area contributed by atoms with Crippen LogP contribution in [-0.4, -0.2) is 20.3 Å². The molecule has 0 spiro atoms. The number of benzene rings is 1. The minimum atomic E-state index is -0.284. The van der Waals surface area contributed by atoms with Crippen LogP contribution in [0.2, 0.25) is 0 Å². The maximum atomic E-state index is 11.8. The zero-order valence-electron chi connectivity index (χ0n) is 12.0. The Labute approximate surface area is 119 Å². The van der Waals surface area contributed by atoms with Crippen LogP contribution in [0.25, 0.3) is 0 Å². The second-order valence-electron chi connectivity index (χ2n) is 4.83. The average Bonchev–Trinajstić information content (AvgIpc) is 3.29. The number of hydrogen-bond acceptors (Lipinski definition) is 3. The van der Waals surface area contributed by atoms with E-state index in [1.807, 2.05) is 6.92 Å². The molecule has 1 fully saturated rings. The molecule has 1 aromatic rings. The third kappa shape index (κ3) is 3.66. The fourth-order valence-corrected chi connectivity index (χ4v) is 1.90. The quantitative estimate of drug-likeness (QED) is 0.868. The predicted molar refractivity (Wildman–Crippen MR) is 78.2 cm³/mol. The van der Waals surface area contributed by atoms with Crippen LogP contribution >= 0.6 is 0 Å². The lowest BCUT2D eigenvalue weighted by Crippen LogP contribution is -2.24. The standard InChI is InChI=1S/C15H20N2O3/c1-10(11-4-5-11)9-16-15(18)17-13-7-6-12(19-2)8-14(13)20-3/h6-9,11H,4-5H2,1-3H3,(H2,16,17,18)/b10-9+. The number of anilines is 1. The molecule has 5 heteroatoms. The van der Waals surface area contributed by atoms with Crippen LogP contribution in [0.15, 0.2) is 30.0 Å². The van der Waals surface area contributed by atoms with Gasteiger partial charge in [0.15, 0.2) is 0 Å². The van der Waals surface area contributed by atoms with Gasteiger partial charge < -0.3 is 20.1 Å². The number of hydrogen-bond donors (Lipinski definition) is 2. The number of ether oxygens (including phenoxy) is 2. The van der Waals surface area contributed by atoms with Gasteiger partial charge >= 0.3 is 6.03 Å². The normalized spacial score (nSPS) is 14.7. The van der Waals surface area contributed by atoms with Crippen LogP contribution in [-0.2, 0) is 0 Å². The summed E-state index contributed by atoms with van der Waals surface area (Å²) >= 11 is 0. The molecule has 1 aliphatic rings. The van der Waals surface area contributed by atoms with E-state index < -0.39 is 0 Å². The van der Waals surface area contributed by atoms with Crippen molar-refractivity contribution in [2.45, 2.75) is 19.8 Å². The number of carbonyl (C=O) groups excluding carboxylic acids is 1. The Morgan fingerprint density at radius 1 is 1.30 bits per heavy atom. The van der Waals surface area contributed by atoms with Crippen LogP contribution in [0.3, 0.4) is 0 Å². The van der Waals surface area contributed by atoms with Gasteiger partial charge in [-0.2, -0.15) is 0 Å². The Kier molecular flexibility index (Phi) is 4.50. The zero-order valence-corrected chi connectivity index (χ0v) is 12.0. The van der Waals surface area contributed by atoms with Crippen molar-refractivity contribution in [3.63, 3.8) is 0 Å². The molecule has 2 amide bonds. The molecule has 2 rings (SSSR count). The second-order valence-corrected chi connectivity index (χ2v) is 4.83. The summed E-state index contributed by atoms with van der Waals surface area (Å²) in [5.74, 6) is 1.88. The molecule has 1 saturated carbocycles. The van der Waals surface area contributed by atoms with Gasteiger partial charge in [-0.1, -0.05) is 5.57 Å². The molecule has 2 N–H and O–H groups in total. The number of nitrogens with one attached hydrogen (secondary N) is 2. The molecule has 108 valence electrons. The average molecular weight is 276 g/mol. The van der Waals surface area contributed by atoms with E-state index in [2.05, 4.69) is 10.6 Å². The summed E-state index contributed by atoms with van der Waals surface area (Å²) in [6.45, 7) is 2.03. The second kappa shape index (κ2) is 6.32.